The predicted octanol–water partition coefficient (Wildman–Crippen LogP) is 2.43. The molecule has 1 rings (SSSR count). The van der Waals surface area contributed by atoms with E-state index in [9.17, 15) is 0 Å². The van der Waals surface area contributed by atoms with Gasteiger partial charge in [-0.05, 0) is 13.0 Å². The molecule has 1 nitrogen and oxygen atoms in total. The van der Waals surface area contributed by atoms with Gasteiger partial charge in [-0.2, -0.15) is 0 Å². The second-order valence-electron chi connectivity index (χ2n) is 3.86. The van der Waals surface area contributed by atoms with E-state index in [0.717, 1.165) is 0 Å². The van der Waals surface area contributed by atoms with Gasteiger partial charge in [0.15, 0.2) is 0 Å². The quantitative estimate of drug-likeness (QED) is 0.486. The van der Waals surface area contributed by atoms with Crippen molar-refractivity contribution in [2.45, 2.75) is 33.7 Å². The topological polar surface area (TPSA) is 12.4 Å². The molecule has 0 saturated heterocycles. The number of aliphatic imine (C=N–C) groups is 1. The van der Waals surface area contributed by atoms with Gasteiger partial charge in [0.1, 0.15) is 0 Å². The first-order valence-electron chi connectivity index (χ1n) is 3.76. The summed E-state index contributed by atoms with van der Waals surface area (Å²) in [6.45, 7) is 8.67. The maximum Gasteiger partial charge on any atom is 0.0658 e. The van der Waals surface area contributed by atoms with E-state index in [2.05, 4.69) is 44.8 Å². The van der Waals surface area contributed by atoms with Crippen LogP contribution < -0.4 is 0 Å². The first-order valence-corrected chi connectivity index (χ1v) is 3.76. The van der Waals surface area contributed by atoms with E-state index in [-0.39, 0.29) is 5.41 Å². The molecular weight excluding hydrogens is 122 g/mol. The van der Waals surface area contributed by atoms with Gasteiger partial charge in [0.05, 0.1) is 6.04 Å². The van der Waals surface area contributed by atoms with E-state index in [1.807, 2.05) is 0 Å². The van der Waals surface area contributed by atoms with Gasteiger partial charge >= 0.3 is 0 Å². The summed E-state index contributed by atoms with van der Waals surface area (Å²) < 4.78 is 0. The summed E-state index contributed by atoms with van der Waals surface area (Å²) in [5, 5.41) is 0. The minimum absolute atomic E-state index is 0.223. The summed E-state index contributed by atoms with van der Waals surface area (Å²) in [7, 11) is 0. The molecule has 1 heterocycles. The second kappa shape index (κ2) is 2.22. The Kier molecular flexibility index (Phi) is 1.67. The van der Waals surface area contributed by atoms with Crippen LogP contribution in [0.25, 0.3) is 0 Å². The molecule has 1 heteroatoms. The van der Waals surface area contributed by atoms with Crippen LogP contribution in [0.4, 0.5) is 0 Å². The highest BCUT2D eigenvalue weighted by Gasteiger charge is 2.19. The van der Waals surface area contributed by atoms with Crippen molar-refractivity contribution < 1.29 is 0 Å². The van der Waals surface area contributed by atoms with Gasteiger partial charge in [-0.3, -0.25) is 4.99 Å². The fraction of sp³-hybridized carbons (Fsp3) is 0.667. The number of nitrogens with zero attached hydrogens (tertiary/aromatic N) is 1. The lowest BCUT2D eigenvalue weighted by molar-refractivity contribution is 0.592. The summed E-state index contributed by atoms with van der Waals surface area (Å²) in [6.07, 6.45) is 4.27. The third kappa shape index (κ3) is 1.47. The van der Waals surface area contributed by atoms with Gasteiger partial charge in [0.2, 0.25) is 0 Å². The summed E-state index contributed by atoms with van der Waals surface area (Å²) in [5.74, 6) is 0. The van der Waals surface area contributed by atoms with E-state index in [0.29, 0.717) is 6.04 Å². The monoisotopic (exact) mass is 137 g/mol. The Labute approximate surface area is 62.9 Å². The van der Waals surface area contributed by atoms with Crippen molar-refractivity contribution in [3.63, 3.8) is 0 Å². The van der Waals surface area contributed by atoms with E-state index >= 15 is 0 Å². The van der Waals surface area contributed by atoms with E-state index in [1.165, 1.54) is 5.71 Å². The highest BCUT2D eigenvalue weighted by molar-refractivity contribution is 6.00. The average molecular weight is 137 g/mol. The first kappa shape index (κ1) is 7.52. The minimum Gasteiger partial charge on any atom is -0.282 e. The third-order valence-corrected chi connectivity index (χ3v) is 1.64. The number of hydrogen-bond acceptors (Lipinski definition) is 1. The molecule has 0 aromatic heterocycles. The molecule has 0 aromatic carbocycles. The molecule has 1 aliphatic heterocycles. The van der Waals surface area contributed by atoms with Crippen LogP contribution in [0, 0.1) is 5.41 Å². The van der Waals surface area contributed by atoms with Crippen LogP contribution in [0.5, 0.6) is 0 Å². The standard InChI is InChI=1S/C9H15N/c1-7-5-6-8(10-7)9(2,3)4/h5-7H,1-4H3/t7-/m1/s1. The Bertz CT molecular complexity index is 181. The van der Waals surface area contributed by atoms with Crippen LogP contribution in [-0.2, 0) is 0 Å². The Hall–Kier alpha value is -0.590. The fourth-order valence-corrected chi connectivity index (χ4v) is 0.980. The van der Waals surface area contributed by atoms with Crippen LogP contribution >= 0.6 is 0 Å². The first-order chi connectivity index (χ1) is 4.50. The highest BCUT2D eigenvalue weighted by Crippen LogP contribution is 2.21. The molecule has 0 spiro atoms. The van der Waals surface area contributed by atoms with Crippen molar-refractivity contribution in [3.05, 3.63) is 12.2 Å². The zero-order chi connectivity index (χ0) is 7.78. The molecule has 0 radical (unpaired) electrons. The van der Waals surface area contributed by atoms with Crippen molar-refractivity contribution in [2.75, 3.05) is 0 Å². The molecule has 0 unspecified atom stereocenters. The number of rotatable bonds is 0. The molecule has 0 aromatic rings. The Balaban J connectivity index is 2.78. The molecule has 1 aliphatic rings. The molecule has 56 valence electrons. The Morgan fingerprint density at radius 1 is 1.40 bits per heavy atom. The normalized spacial score (nSPS) is 25.2. The van der Waals surface area contributed by atoms with Gasteiger partial charge in [0.25, 0.3) is 0 Å². The van der Waals surface area contributed by atoms with E-state index in [4.69, 9.17) is 0 Å². The lowest BCUT2D eigenvalue weighted by Gasteiger charge is -2.16. The number of allylic oxidation sites excluding steroid dienone is 1. The van der Waals surface area contributed by atoms with Crippen molar-refractivity contribution in [3.8, 4) is 0 Å². The molecule has 0 N–H and O–H groups in total. The van der Waals surface area contributed by atoms with Crippen molar-refractivity contribution in [1.29, 1.82) is 0 Å². The lowest BCUT2D eigenvalue weighted by Crippen LogP contribution is -2.16. The average Bonchev–Trinajstić information content (AvgIpc) is 2.11. The molecule has 0 aliphatic carbocycles. The SMILES string of the molecule is C[C@@H]1C=CC(C(C)(C)C)=N1. The summed E-state index contributed by atoms with van der Waals surface area (Å²) in [5.41, 5.74) is 1.45. The molecule has 0 bridgehead atoms. The van der Waals surface area contributed by atoms with Crippen LogP contribution in [0.2, 0.25) is 0 Å². The van der Waals surface area contributed by atoms with E-state index in [1.54, 1.807) is 0 Å². The maximum absolute atomic E-state index is 4.47. The fourth-order valence-electron chi connectivity index (χ4n) is 0.980. The maximum atomic E-state index is 4.47. The van der Waals surface area contributed by atoms with Crippen LogP contribution in [-0.4, -0.2) is 11.8 Å². The summed E-state index contributed by atoms with van der Waals surface area (Å²) >= 11 is 0. The molecular formula is C9H15N. The largest absolute Gasteiger partial charge is 0.282 e. The Morgan fingerprint density at radius 3 is 2.20 bits per heavy atom. The number of hydrogen-bond donors (Lipinski definition) is 0. The molecule has 0 fully saturated rings. The van der Waals surface area contributed by atoms with Crippen LogP contribution in [0.1, 0.15) is 27.7 Å². The van der Waals surface area contributed by atoms with Crippen molar-refractivity contribution in [2.24, 2.45) is 10.4 Å². The van der Waals surface area contributed by atoms with Gasteiger partial charge in [0, 0.05) is 11.1 Å². The smallest absolute Gasteiger partial charge is 0.0658 e. The summed E-state index contributed by atoms with van der Waals surface area (Å²) in [4.78, 5) is 4.47. The van der Waals surface area contributed by atoms with Crippen LogP contribution in [0.3, 0.4) is 0 Å². The van der Waals surface area contributed by atoms with Crippen molar-refractivity contribution >= 4 is 5.71 Å². The molecule has 0 saturated carbocycles. The van der Waals surface area contributed by atoms with Gasteiger partial charge in [-0.15, -0.1) is 0 Å². The van der Waals surface area contributed by atoms with Crippen LogP contribution in [0.15, 0.2) is 17.1 Å². The second-order valence-corrected chi connectivity index (χ2v) is 3.86. The minimum atomic E-state index is 0.223. The van der Waals surface area contributed by atoms with Gasteiger partial charge in [-0.1, -0.05) is 26.8 Å². The van der Waals surface area contributed by atoms with Crippen molar-refractivity contribution in [1.82, 2.24) is 0 Å². The summed E-state index contributed by atoms with van der Waals surface area (Å²) in [6, 6.07) is 0.397. The third-order valence-electron chi connectivity index (χ3n) is 1.64. The molecule has 10 heavy (non-hydrogen) atoms. The lowest BCUT2D eigenvalue weighted by atomic mass is 9.90. The zero-order valence-corrected chi connectivity index (χ0v) is 7.18. The highest BCUT2D eigenvalue weighted by atomic mass is 14.8. The zero-order valence-electron chi connectivity index (χ0n) is 7.18. The van der Waals surface area contributed by atoms with Gasteiger partial charge in [-0.25, -0.2) is 0 Å². The Morgan fingerprint density at radius 2 is 2.00 bits per heavy atom. The molecule has 1 atom stereocenters. The predicted molar refractivity (Wildman–Crippen MR) is 45.5 cm³/mol. The van der Waals surface area contributed by atoms with Gasteiger partial charge < -0.3 is 0 Å². The van der Waals surface area contributed by atoms with E-state index < -0.39 is 0 Å². The molecule has 0 amide bonds.